The minimum absolute atomic E-state index is 0.0551. The fourth-order valence-corrected chi connectivity index (χ4v) is 1.53. The summed E-state index contributed by atoms with van der Waals surface area (Å²) in [7, 11) is 0. The molecule has 0 heterocycles. The van der Waals surface area contributed by atoms with Crippen molar-refractivity contribution in [3.05, 3.63) is 0 Å². The summed E-state index contributed by atoms with van der Waals surface area (Å²) in [4.78, 5) is 22.8. The molecule has 0 radical (unpaired) electrons. The van der Waals surface area contributed by atoms with Crippen molar-refractivity contribution < 1.29 is 14.7 Å². The van der Waals surface area contributed by atoms with Crippen LogP contribution in [0, 0.1) is 5.92 Å². The summed E-state index contributed by atoms with van der Waals surface area (Å²) < 4.78 is 0. The molecule has 0 aromatic rings. The van der Waals surface area contributed by atoms with Crippen LogP contribution in [-0.2, 0) is 9.59 Å². The first kappa shape index (κ1) is 18.0. The summed E-state index contributed by atoms with van der Waals surface area (Å²) in [6.07, 6.45) is 0.618. The van der Waals surface area contributed by atoms with Crippen molar-refractivity contribution in [1.82, 2.24) is 16.2 Å². The zero-order chi connectivity index (χ0) is 15.0. The molecule has 0 aliphatic rings. The Morgan fingerprint density at radius 2 is 1.79 bits per heavy atom. The predicted octanol–water partition coefficient (Wildman–Crippen LogP) is -0.0318. The molecule has 4 atom stereocenters. The number of aliphatic hydroxyl groups is 1. The van der Waals surface area contributed by atoms with E-state index in [4.69, 9.17) is 0 Å². The van der Waals surface area contributed by atoms with Gasteiger partial charge in [0.1, 0.15) is 18.4 Å². The van der Waals surface area contributed by atoms with Crippen LogP contribution in [0.3, 0.4) is 0 Å². The summed E-state index contributed by atoms with van der Waals surface area (Å²) in [5, 5.41) is 12.2. The van der Waals surface area contributed by atoms with Gasteiger partial charge in [-0.25, -0.2) is 10.9 Å². The normalized spacial score (nSPS) is 17.6. The molecule has 0 bridgehead atoms. The zero-order valence-electron chi connectivity index (χ0n) is 12.4. The molecule has 0 rings (SSSR count). The van der Waals surface area contributed by atoms with Gasteiger partial charge in [-0.1, -0.05) is 20.3 Å². The van der Waals surface area contributed by atoms with E-state index in [2.05, 4.69) is 16.2 Å². The number of hydrogen-bond donors (Lipinski definition) is 4. The monoisotopic (exact) mass is 273 g/mol. The summed E-state index contributed by atoms with van der Waals surface area (Å²) in [6.45, 7) is 9.25. The Bertz CT molecular complexity index is 282. The Morgan fingerprint density at radius 3 is 2.16 bits per heavy atom. The second kappa shape index (κ2) is 9.01. The van der Waals surface area contributed by atoms with Crippen LogP contribution in [0.4, 0.5) is 0 Å². The largest absolute Gasteiger partial charge is 0.391 e. The van der Waals surface area contributed by atoms with Crippen molar-refractivity contribution in [2.75, 3.05) is 0 Å². The van der Waals surface area contributed by atoms with E-state index in [1.165, 1.54) is 6.92 Å². The van der Waals surface area contributed by atoms with E-state index in [1.807, 2.05) is 27.7 Å². The van der Waals surface area contributed by atoms with Gasteiger partial charge in [0.15, 0.2) is 0 Å². The number of amides is 1. The van der Waals surface area contributed by atoms with Crippen molar-refractivity contribution >= 4 is 12.2 Å². The number of carbonyl (C=O) groups is 2. The molecule has 0 aliphatic carbocycles. The number of aliphatic hydroxyl groups excluding tert-OH is 1. The lowest BCUT2D eigenvalue weighted by atomic mass is 9.99. The van der Waals surface area contributed by atoms with Crippen LogP contribution in [0.1, 0.15) is 41.0 Å². The molecular weight excluding hydrogens is 246 g/mol. The highest BCUT2D eigenvalue weighted by Crippen LogP contribution is 2.07. The lowest BCUT2D eigenvalue weighted by Gasteiger charge is -2.27. The summed E-state index contributed by atoms with van der Waals surface area (Å²) in [5.74, 6) is -0.0142. The second-order valence-corrected chi connectivity index (χ2v) is 5.22. The van der Waals surface area contributed by atoms with Crippen molar-refractivity contribution in [2.24, 2.45) is 5.92 Å². The Labute approximate surface area is 115 Å². The molecule has 6 heteroatoms. The Hall–Kier alpha value is -0.980. The maximum Gasteiger partial charge on any atom is 0.238 e. The van der Waals surface area contributed by atoms with Gasteiger partial charge in [-0.2, -0.15) is 0 Å². The minimum atomic E-state index is -0.823. The minimum Gasteiger partial charge on any atom is -0.391 e. The van der Waals surface area contributed by atoms with E-state index in [9.17, 15) is 14.7 Å². The first-order valence-corrected chi connectivity index (χ1v) is 6.78. The van der Waals surface area contributed by atoms with Gasteiger partial charge in [-0.3, -0.25) is 4.79 Å². The van der Waals surface area contributed by atoms with Gasteiger partial charge in [0.25, 0.3) is 0 Å². The molecule has 0 fully saturated rings. The molecule has 1 unspecified atom stereocenters. The maximum absolute atomic E-state index is 12.1. The van der Waals surface area contributed by atoms with E-state index in [0.717, 1.165) is 6.42 Å². The first-order chi connectivity index (χ1) is 8.83. The Kier molecular flexibility index (Phi) is 8.54. The van der Waals surface area contributed by atoms with Crippen LogP contribution in [0.2, 0.25) is 0 Å². The molecule has 1 amide bonds. The average Bonchev–Trinajstić information content (AvgIpc) is 2.32. The standard InChI is InChI=1S/C13H27N3O3/c1-6-9(4)12(13(19)14-8(2)3)16-15-11(7-17)10(5)18/h7-12,15-16,18H,6H2,1-5H3,(H,14,19)/t9-,10+,11+,12?/m0/s1. The number of hydrazine groups is 1. The molecule has 0 aromatic carbocycles. The molecule has 0 saturated heterocycles. The molecule has 0 spiro atoms. The third kappa shape index (κ3) is 6.66. The van der Waals surface area contributed by atoms with Gasteiger partial charge in [0, 0.05) is 6.04 Å². The molecule has 0 aromatic heterocycles. The third-order valence-electron chi connectivity index (χ3n) is 3.00. The van der Waals surface area contributed by atoms with E-state index < -0.39 is 18.2 Å². The maximum atomic E-state index is 12.1. The fraction of sp³-hybridized carbons (Fsp3) is 0.846. The molecular formula is C13H27N3O3. The van der Waals surface area contributed by atoms with Crippen LogP contribution in [0.15, 0.2) is 0 Å². The predicted molar refractivity (Wildman–Crippen MR) is 74.3 cm³/mol. The van der Waals surface area contributed by atoms with Crippen molar-refractivity contribution in [3.8, 4) is 0 Å². The van der Waals surface area contributed by atoms with E-state index in [0.29, 0.717) is 6.29 Å². The highest BCUT2D eigenvalue weighted by molar-refractivity contribution is 5.82. The van der Waals surface area contributed by atoms with Gasteiger partial charge >= 0.3 is 0 Å². The number of aldehydes is 1. The topological polar surface area (TPSA) is 90.5 Å². The quantitative estimate of drug-likeness (QED) is 0.350. The van der Waals surface area contributed by atoms with Crippen LogP contribution in [-0.4, -0.2) is 41.5 Å². The van der Waals surface area contributed by atoms with Gasteiger partial charge in [0.05, 0.1) is 6.10 Å². The fourth-order valence-electron chi connectivity index (χ4n) is 1.53. The molecule has 4 N–H and O–H groups in total. The van der Waals surface area contributed by atoms with Gasteiger partial charge < -0.3 is 15.2 Å². The number of carbonyl (C=O) groups excluding carboxylic acids is 2. The highest BCUT2D eigenvalue weighted by atomic mass is 16.3. The Balaban J connectivity index is 4.60. The van der Waals surface area contributed by atoms with Crippen molar-refractivity contribution in [3.63, 3.8) is 0 Å². The van der Waals surface area contributed by atoms with Gasteiger partial charge in [0.2, 0.25) is 5.91 Å². The van der Waals surface area contributed by atoms with Crippen LogP contribution in [0.25, 0.3) is 0 Å². The smallest absolute Gasteiger partial charge is 0.238 e. The van der Waals surface area contributed by atoms with Crippen LogP contribution in [0.5, 0.6) is 0 Å². The number of hydrogen-bond acceptors (Lipinski definition) is 5. The molecule has 112 valence electrons. The van der Waals surface area contributed by atoms with Gasteiger partial charge in [-0.15, -0.1) is 0 Å². The van der Waals surface area contributed by atoms with Crippen molar-refractivity contribution in [2.45, 2.75) is 65.3 Å². The average molecular weight is 273 g/mol. The molecule has 0 aliphatic heterocycles. The Morgan fingerprint density at radius 1 is 1.21 bits per heavy atom. The molecule has 0 saturated carbocycles. The summed E-state index contributed by atoms with van der Waals surface area (Å²) in [5.41, 5.74) is 5.56. The summed E-state index contributed by atoms with van der Waals surface area (Å²) in [6, 6.07) is -1.13. The van der Waals surface area contributed by atoms with Crippen molar-refractivity contribution in [1.29, 1.82) is 0 Å². The highest BCUT2D eigenvalue weighted by Gasteiger charge is 2.25. The lowest BCUT2D eigenvalue weighted by Crippen LogP contribution is -2.58. The SMILES string of the molecule is CC[C@H](C)C(NN[C@H](C=O)[C@@H](C)O)C(=O)NC(C)C. The van der Waals surface area contributed by atoms with Crippen LogP contribution < -0.4 is 16.2 Å². The number of nitrogens with one attached hydrogen (secondary N) is 3. The number of rotatable bonds is 9. The van der Waals surface area contributed by atoms with Crippen LogP contribution >= 0.6 is 0 Å². The lowest BCUT2D eigenvalue weighted by molar-refractivity contribution is -0.126. The van der Waals surface area contributed by atoms with Gasteiger partial charge in [-0.05, 0) is 26.7 Å². The van der Waals surface area contributed by atoms with E-state index in [1.54, 1.807) is 0 Å². The third-order valence-corrected chi connectivity index (χ3v) is 3.00. The zero-order valence-corrected chi connectivity index (χ0v) is 12.4. The molecule has 19 heavy (non-hydrogen) atoms. The van der Waals surface area contributed by atoms with E-state index in [-0.39, 0.29) is 17.9 Å². The summed E-state index contributed by atoms with van der Waals surface area (Å²) >= 11 is 0. The first-order valence-electron chi connectivity index (χ1n) is 6.78. The second-order valence-electron chi connectivity index (χ2n) is 5.22. The molecule has 6 nitrogen and oxygen atoms in total. The van der Waals surface area contributed by atoms with E-state index >= 15 is 0 Å².